The van der Waals surface area contributed by atoms with Crippen molar-refractivity contribution in [3.63, 3.8) is 0 Å². The summed E-state index contributed by atoms with van der Waals surface area (Å²) < 4.78 is 34.5. The van der Waals surface area contributed by atoms with Gasteiger partial charge in [-0.3, -0.25) is 72.3 Å². The molecule has 0 unspecified atom stereocenters. The van der Waals surface area contributed by atoms with E-state index in [-0.39, 0.29) is 204 Å². The third-order valence-corrected chi connectivity index (χ3v) is 19.6. The van der Waals surface area contributed by atoms with Crippen LogP contribution in [0.1, 0.15) is 173 Å². The Bertz CT molecular complexity index is 4710. The standard InChI is InChI=1S/C43H63N9O11.C40H57N13O10/c1-2-29(34(53)10-5-3-4-6-11-36(44)55)9-7-8-18-46-38(57)28-63-24-23-62-22-21-61-20-19-47-37(56)17-14-31(42(59)60)25-35(54)30-12-15-32(16-13-30)48-26-33-27-49-40-39(50-33)41(58)52-43(45)51-40;1-43-31(37(57)45-12-4-2-3-5-33(41)55)22-29-25-53(52-51-29)14-16-62-18-20-63-19-17-61-15-13-44-34(56)11-8-27(39(59)60)21-32(54)26-6-9-28(10-7-26)46-23-30-24-47-36-35(48-30)38(58)50-40(42)49-36/h12-13,15-16,27,29,31,48H,2-11,14,17-26,28H2,1H3,(H2,44,55)(H,46,57)(H,47,56)(H,59,60)(H3,45,49,51,52,58);6-7,9-10,24-25,27,31,43,46H,2-5,8,11-23H2,1H3,(H2,41,55)(H,44,56)(H,45,57)(H,59,60)(H3,42,47,49,50,58)/t29-,31+;27-,31+/m01/s1. The Kier molecular flexibility index (Phi) is 47.8. The second kappa shape index (κ2) is 58.8. The number of Topliss-reactive ketones (excluding diaryl/α,β-unsaturated/α-hetero) is 3. The van der Waals surface area contributed by atoms with Gasteiger partial charge in [-0.05, 0) is 113 Å². The summed E-state index contributed by atoms with van der Waals surface area (Å²) in [7, 11) is 1.71. The zero-order valence-electron chi connectivity index (χ0n) is 71.4. The van der Waals surface area contributed by atoms with E-state index in [0.29, 0.717) is 124 Å². The van der Waals surface area contributed by atoms with Crippen molar-refractivity contribution in [2.24, 2.45) is 29.2 Å². The first-order valence-electron chi connectivity index (χ1n) is 42.2. The van der Waals surface area contributed by atoms with Crippen molar-refractivity contribution in [1.29, 1.82) is 0 Å². The van der Waals surface area contributed by atoms with Gasteiger partial charge in [-0.15, -0.1) is 5.10 Å². The number of benzene rings is 2. The van der Waals surface area contributed by atoms with Crippen molar-refractivity contribution >= 4 is 110 Å². The molecule has 0 spiro atoms. The van der Waals surface area contributed by atoms with Crippen LogP contribution >= 0.6 is 0 Å². The number of carboxylic acid groups (broad SMARTS) is 2. The number of carboxylic acids is 2. The summed E-state index contributed by atoms with van der Waals surface area (Å²) in [5, 5.41) is 48.0. The first kappa shape index (κ1) is 103. The van der Waals surface area contributed by atoms with E-state index in [4.69, 9.17) is 51.4 Å². The molecule has 4 atom stereocenters. The number of hydrogen-bond acceptors (Lipinski definition) is 32. The van der Waals surface area contributed by atoms with Crippen LogP contribution in [0.15, 0.2) is 76.7 Å². The Morgan fingerprint density at radius 2 is 0.913 bits per heavy atom. The molecule has 19 N–H and O–H groups in total. The van der Waals surface area contributed by atoms with Gasteiger partial charge in [0.2, 0.25) is 47.3 Å². The lowest BCUT2D eigenvalue weighted by atomic mass is 9.91. The predicted octanol–water partition coefficient (Wildman–Crippen LogP) is 2.55. The molecule has 0 aliphatic heterocycles. The molecule has 5 aromatic heterocycles. The smallest absolute Gasteiger partial charge is 0.306 e. The maximum Gasteiger partial charge on any atom is 0.306 e. The van der Waals surface area contributed by atoms with Crippen LogP contribution in [0.4, 0.5) is 23.3 Å². The van der Waals surface area contributed by atoms with Gasteiger partial charge in [-0.2, -0.15) is 9.97 Å². The Morgan fingerprint density at radius 3 is 1.38 bits per heavy atom. The number of ketones is 3. The van der Waals surface area contributed by atoms with E-state index < -0.39 is 40.9 Å². The molecule has 0 aliphatic carbocycles. The maximum absolute atomic E-state index is 12.9. The Morgan fingerprint density at radius 1 is 0.476 bits per heavy atom. The fourth-order valence-electron chi connectivity index (χ4n) is 12.5. The van der Waals surface area contributed by atoms with Crippen molar-refractivity contribution in [1.82, 2.24) is 81.4 Å². The number of aromatic amines is 2. The predicted molar refractivity (Wildman–Crippen MR) is 462 cm³/mol. The number of likely N-dealkylation sites (N-methyl/N-ethyl adjacent to an activating group) is 1. The third-order valence-electron chi connectivity index (χ3n) is 19.6. The molecule has 2 aromatic carbocycles. The van der Waals surface area contributed by atoms with Crippen LogP contribution in [0.3, 0.4) is 0 Å². The molecule has 0 fully saturated rings. The third kappa shape index (κ3) is 41.5. The van der Waals surface area contributed by atoms with Gasteiger partial charge in [-0.25, -0.2) is 24.6 Å². The van der Waals surface area contributed by atoms with Gasteiger partial charge in [0.05, 0.1) is 140 Å². The topological polar surface area (TPSA) is 646 Å². The highest BCUT2D eigenvalue weighted by Crippen LogP contribution is 2.23. The van der Waals surface area contributed by atoms with E-state index in [1.54, 1.807) is 66.5 Å². The molecule has 688 valence electrons. The average molecular weight is 1760 g/mol. The van der Waals surface area contributed by atoms with Gasteiger partial charge in [0, 0.05) is 112 Å². The number of nitrogens with two attached hydrogens (primary N) is 4. The first-order chi connectivity index (χ1) is 60.8. The average Bonchev–Trinajstić information content (AvgIpc) is 0.938. The van der Waals surface area contributed by atoms with Crippen LogP contribution in [0.5, 0.6) is 0 Å². The lowest BCUT2D eigenvalue weighted by Crippen LogP contribution is -2.44. The van der Waals surface area contributed by atoms with Gasteiger partial charge in [0.15, 0.2) is 33.9 Å². The summed E-state index contributed by atoms with van der Waals surface area (Å²) >= 11 is 0. The van der Waals surface area contributed by atoms with E-state index in [0.717, 1.165) is 64.2 Å². The second-order valence-corrected chi connectivity index (χ2v) is 29.4. The number of amides is 6. The number of carbonyl (C=O) groups is 11. The Hall–Kier alpha value is -12.3. The number of aliphatic carboxylic acids is 2. The van der Waals surface area contributed by atoms with Gasteiger partial charge in [0.1, 0.15) is 12.4 Å². The zero-order valence-corrected chi connectivity index (χ0v) is 71.4. The van der Waals surface area contributed by atoms with Crippen molar-refractivity contribution in [3.05, 3.63) is 116 Å². The van der Waals surface area contributed by atoms with E-state index in [2.05, 4.69) is 87.4 Å². The molecule has 126 heavy (non-hydrogen) atoms. The monoisotopic (exact) mass is 1760 g/mol. The largest absolute Gasteiger partial charge is 0.481 e. The summed E-state index contributed by atoms with van der Waals surface area (Å²) in [6.07, 6.45) is 14.6. The molecule has 0 saturated carbocycles. The second-order valence-electron chi connectivity index (χ2n) is 29.4. The number of anilines is 4. The van der Waals surface area contributed by atoms with E-state index in [1.807, 2.05) is 6.92 Å². The highest BCUT2D eigenvalue weighted by molar-refractivity contribution is 5.99. The van der Waals surface area contributed by atoms with Gasteiger partial charge >= 0.3 is 11.9 Å². The van der Waals surface area contributed by atoms with E-state index in [1.165, 1.54) is 12.4 Å². The first-order valence-corrected chi connectivity index (χ1v) is 42.2. The van der Waals surface area contributed by atoms with Crippen LogP contribution in [-0.4, -0.2) is 248 Å². The number of aromatic nitrogens is 11. The minimum atomic E-state index is -1.17. The van der Waals surface area contributed by atoms with Crippen LogP contribution in [0.25, 0.3) is 22.3 Å². The Balaban J connectivity index is 0.000000389. The summed E-state index contributed by atoms with van der Waals surface area (Å²) in [5.41, 5.74) is 24.3. The van der Waals surface area contributed by atoms with Crippen LogP contribution < -0.4 is 71.3 Å². The number of hydrogen-bond donors (Lipinski definition) is 15. The normalized spacial score (nSPS) is 12.1. The number of nitrogens with zero attached hydrogens (tertiary/aromatic N) is 9. The number of nitrogens with one attached hydrogen (secondary N) is 9. The molecule has 5 heterocycles. The molecule has 7 aromatic rings. The molecule has 43 heteroatoms. The lowest BCUT2D eigenvalue weighted by Gasteiger charge is -2.14. The van der Waals surface area contributed by atoms with Crippen molar-refractivity contribution in [3.8, 4) is 0 Å². The molecule has 7 rings (SSSR count). The minimum absolute atomic E-state index is 0.0116. The molecular weight excluding hydrogens is 1640 g/mol. The maximum atomic E-state index is 12.9. The highest BCUT2D eigenvalue weighted by atomic mass is 16.6. The molecule has 6 amide bonds. The number of unbranched alkanes of at least 4 members (excludes halogenated alkanes) is 6. The van der Waals surface area contributed by atoms with Crippen molar-refractivity contribution < 1.29 is 91.4 Å². The lowest BCUT2D eigenvalue weighted by molar-refractivity contribution is -0.143. The molecule has 0 radical (unpaired) electrons. The number of fused-ring (bicyclic) bond motifs is 2. The molecular formula is C83H120N22O21. The number of carbonyl (C=O) groups excluding carboxylic acids is 9. The fraction of sp³-hybridized carbons (Fsp3) is 0.554. The summed E-state index contributed by atoms with van der Waals surface area (Å²) in [4.78, 5) is 187. The minimum Gasteiger partial charge on any atom is -0.481 e. The van der Waals surface area contributed by atoms with E-state index in [9.17, 15) is 72.5 Å². The summed E-state index contributed by atoms with van der Waals surface area (Å²) in [5.74, 6) is -6.63. The van der Waals surface area contributed by atoms with Gasteiger partial charge in [0.25, 0.3) is 11.1 Å². The Labute approximate surface area is 727 Å². The zero-order chi connectivity index (χ0) is 91.2. The van der Waals surface area contributed by atoms with Crippen molar-refractivity contribution in [2.75, 3.05) is 135 Å². The van der Waals surface area contributed by atoms with E-state index >= 15 is 0 Å². The van der Waals surface area contributed by atoms with Crippen LogP contribution in [-0.2, 0) is 97.6 Å². The molecule has 0 aliphatic rings. The number of nitrogen functional groups attached to an aromatic ring is 2. The van der Waals surface area contributed by atoms with Crippen molar-refractivity contribution in [2.45, 2.75) is 167 Å². The number of H-pyrrole nitrogens is 2. The fourth-order valence-corrected chi connectivity index (χ4v) is 12.5. The summed E-state index contributed by atoms with van der Waals surface area (Å²) in [6.45, 7) is 7.57. The van der Waals surface area contributed by atoms with Gasteiger partial charge < -0.3 is 98.8 Å². The van der Waals surface area contributed by atoms with Gasteiger partial charge in [-0.1, -0.05) is 37.8 Å². The quantitative estimate of drug-likeness (QED) is 0.0192. The highest BCUT2D eigenvalue weighted by Gasteiger charge is 2.26. The molecule has 0 saturated heterocycles. The SMILES string of the molecule is CC[C@@H](CCCCNC(=O)COCCOCCOCCNC(=O)CC[C@H](CC(=O)c1ccc(NCc2cnc3nc(N)[nH]c(=O)c3n2)cc1)C(=O)O)C(=O)CCCCCCC(N)=O.CN[C@@H](Cc1cn(CCOCCOCCOCCNC(=O)CC[C@H](CC(=O)c2ccc(NCc3cnc4nc(N)[nH]c(=O)c4n3)cc2)C(=O)O)nn1)C(=O)NCCCCCC(N)=O. The van der Waals surface area contributed by atoms with Crippen LogP contribution in [0.2, 0.25) is 0 Å². The summed E-state index contributed by atoms with van der Waals surface area (Å²) in [6, 6.07) is 12.5. The molecule has 43 nitrogen and oxygen atoms in total. The van der Waals surface area contributed by atoms with Crippen LogP contribution in [0, 0.1) is 17.8 Å². The molecule has 0 bridgehead atoms. The number of ether oxygens (including phenoxy) is 6. The number of primary amides is 2. The number of rotatable bonds is 67.